The van der Waals surface area contributed by atoms with Crippen LogP contribution in [0.1, 0.15) is 10.4 Å². The first-order valence-corrected chi connectivity index (χ1v) is 11.3. The van der Waals surface area contributed by atoms with Crippen LogP contribution in [-0.2, 0) is 19.6 Å². The lowest BCUT2D eigenvalue weighted by molar-refractivity contribution is -0.124. The molecule has 0 bridgehead atoms. The maximum atomic E-state index is 13.1. The number of hydrogen-bond acceptors (Lipinski definition) is 6. The van der Waals surface area contributed by atoms with Crippen LogP contribution in [-0.4, -0.2) is 63.9 Å². The van der Waals surface area contributed by atoms with E-state index in [-0.39, 0.29) is 17.0 Å². The lowest BCUT2D eigenvalue weighted by atomic mass is 10.2. The molecule has 0 saturated carbocycles. The predicted molar refractivity (Wildman–Crippen MR) is 117 cm³/mol. The molecule has 1 saturated heterocycles. The zero-order valence-electron chi connectivity index (χ0n) is 17.1. The average molecular weight is 444 g/mol. The summed E-state index contributed by atoms with van der Waals surface area (Å²) >= 11 is 0. The second-order valence-corrected chi connectivity index (χ2v) is 8.86. The molecule has 0 unspecified atom stereocenters. The smallest absolute Gasteiger partial charge is 0.338 e. The zero-order chi connectivity index (χ0) is 22.3. The van der Waals surface area contributed by atoms with Crippen molar-refractivity contribution in [3.05, 3.63) is 72.8 Å². The van der Waals surface area contributed by atoms with Crippen LogP contribution >= 0.6 is 0 Å². The summed E-state index contributed by atoms with van der Waals surface area (Å²) < 4.78 is 32.5. The second-order valence-electron chi connectivity index (χ2n) is 6.92. The molecular formula is C22H25N3O5S. The lowest BCUT2D eigenvalue weighted by Crippen LogP contribution is -2.48. The van der Waals surface area contributed by atoms with Crippen molar-refractivity contribution < 1.29 is 22.7 Å². The minimum Gasteiger partial charge on any atom is -0.452 e. The van der Waals surface area contributed by atoms with Crippen molar-refractivity contribution in [3.63, 3.8) is 0 Å². The second kappa shape index (κ2) is 10.2. The Bertz CT molecular complexity index is 1030. The Morgan fingerprint density at radius 1 is 1.03 bits per heavy atom. The van der Waals surface area contributed by atoms with Gasteiger partial charge in [0.15, 0.2) is 6.61 Å². The first-order chi connectivity index (χ1) is 14.9. The highest BCUT2D eigenvalue weighted by molar-refractivity contribution is 7.89. The largest absolute Gasteiger partial charge is 0.452 e. The lowest BCUT2D eigenvalue weighted by Gasteiger charge is -2.35. The van der Waals surface area contributed by atoms with E-state index in [1.165, 1.54) is 34.6 Å². The summed E-state index contributed by atoms with van der Waals surface area (Å²) in [6.45, 7) is 5.13. The van der Waals surface area contributed by atoms with Crippen molar-refractivity contribution in [2.24, 2.45) is 0 Å². The van der Waals surface area contributed by atoms with Gasteiger partial charge in [0.1, 0.15) is 0 Å². The van der Waals surface area contributed by atoms with Crippen LogP contribution in [0.2, 0.25) is 0 Å². The molecule has 0 atom stereocenters. The topological polar surface area (TPSA) is 96.0 Å². The predicted octanol–water partition coefficient (Wildman–Crippen LogP) is 1.66. The molecule has 1 heterocycles. The number of rotatable bonds is 8. The highest BCUT2D eigenvalue weighted by Gasteiger charge is 2.29. The van der Waals surface area contributed by atoms with Gasteiger partial charge in [-0.05, 0) is 30.3 Å². The molecule has 1 N–H and O–H groups in total. The van der Waals surface area contributed by atoms with Crippen molar-refractivity contribution in [3.8, 4) is 0 Å². The van der Waals surface area contributed by atoms with Gasteiger partial charge in [-0.15, -0.1) is 6.58 Å². The number of ether oxygens (including phenoxy) is 1. The number of esters is 1. The van der Waals surface area contributed by atoms with Gasteiger partial charge >= 0.3 is 5.97 Å². The Hall–Kier alpha value is -3.17. The normalized spacial score (nSPS) is 14.6. The van der Waals surface area contributed by atoms with Gasteiger partial charge in [0.2, 0.25) is 10.0 Å². The van der Waals surface area contributed by atoms with Crippen LogP contribution < -0.4 is 10.2 Å². The molecule has 1 aliphatic heterocycles. The maximum Gasteiger partial charge on any atom is 0.338 e. The van der Waals surface area contributed by atoms with Crippen molar-refractivity contribution >= 4 is 27.6 Å². The minimum atomic E-state index is -3.76. The summed E-state index contributed by atoms with van der Waals surface area (Å²) in [6.07, 6.45) is 1.51. The van der Waals surface area contributed by atoms with Gasteiger partial charge in [0.05, 0.1) is 10.5 Å². The molecule has 3 rings (SSSR count). The fourth-order valence-electron chi connectivity index (χ4n) is 3.21. The molecule has 0 aliphatic carbocycles. The Balaban J connectivity index is 1.63. The average Bonchev–Trinajstić information content (AvgIpc) is 2.82. The van der Waals surface area contributed by atoms with E-state index in [4.69, 9.17) is 4.74 Å². The SMILES string of the molecule is C=CCNC(=O)COC(=O)c1cccc(S(=O)(=O)N2CCN(c3ccccc3)CC2)c1. The van der Waals surface area contributed by atoms with E-state index in [1.807, 2.05) is 30.3 Å². The van der Waals surface area contributed by atoms with E-state index in [1.54, 1.807) is 0 Å². The van der Waals surface area contributed by atoms with E-state index in [0.29, 0.717) is 26.2 Å². The Morgan fingerprint density at radius 2 is 1.74 bits per heavy atom. The third-order valence-electron chi connectivity index (χ3n) is 4.85. The first-order valence-electron chi connectivity index (χ1n) is 9.87. The van der Waals surface area contributed by atoms with Crippen LogP contribution in [0, 0.1) is 0 Å². The highest BCUT2D eigenvalue weighted by Crippen LogP contribution is 2.22. The fourth-order valence-corrected chi connectivity index (χ4v) is 4.68. The van der Waals surface area contributed by atoms with E-state index in [2.05, 4.69) is 16.8 Å². The van der Waals surface area contributed by atoms with Gasteiger partial charge in [0, 0.05) is 38.4 Å². The quantitative estimate of drug-likeness (QED) is 0.492. The Morgan fingerprint density at radius 3 is 2.42 bits per heavy atom. The van der Waals surface area contributed by atoms with Crippen molar-refractivity contribution in [2.75, 3.05) is 44.2 Å². The van der Waals surface area contributed by atoms with E-state index in [0.717, 1.165) is 5.69 Å². The van der Waals surface area contributed by atoms with Crippen LogP contribution in [0.25, 0.3) is 0 Å². The van der Waals surface area contributed by atoms with Gasteiger partial charge in [-0.3, -0.25) is 4.79 Å². The third kappa shape index (κ3) is 5.71. The Kier molecular flexibility index (Phi) is 7.43. The number of nitrogens with zero attached hydrogens (tertiary/aromatic N) is 2. The number of amides is 1. The summed E-state index contributed by atoms with van der Waals surface area (Å²) in [4.78, 5) is 26.0. The van der Waals surface area contributed by atoms with Crippen LogP contribution in [0.5, 0.6) is 0 Å². The molecule has 1 fully saturated rings. The molecule has 1 aliphatic rings. The van der Waals surface area contributed by atoms with Crippen molar-refractivity contribution in [2.45, 2.75) is 4.90 Å². The molecule has 2 aromatic carbocycles. The molecule has 2 aromatic rings. The molecule has 1 amide bonds. The molecule has 0 aromatic heterocycles. The number of carbonyl (C=O) groups excluding carboxylic acids is 2. The Labute approximate surface area is 182 Å². The molecule has 8 nitrogen and oxygen atoms in total. The molecule has 0 spiro atoms. The molecular weight excluding hydrogens is 418 g/mol. The maximum absolute atomic E-state index is 13.1. The van der Waals surface area contributed by atoms with Gasteiger partial charge in [-0.25, -0.2) is 13.2 Å². The van der Waals surface area contributed by atoms with Gasteiger partial charge < -0.3 is 15.0 Å². The number of anilines is 1. The van der Waals surface area contributed by atoms with Crippen molar-refractivity contribution in [1.82, 2.24) is 9.62 Å². The summed E-state index contributed by atoms with van der Waals surface area (Å²) in [5, 5.41) is 2.49. The van der Waals surface area contributed by atoms with Crippen LogP contribution in [0.3, 0.4) is 0 Å². The molecule has 0 radical (unpaired) electrons. The molecule has 164 valence electrons. The minimum absolute atomic E-state index is 0.0196. The summed E-state index contributed by atoms with van der Waals surface area (Å²) in [5.74, 6) is -1.23. The van der Waals surface area contributed by atoms with Crippen molar-refractivity contribution in [1.29, 1.82) is 0 Å². The summed E-state index contributed by atoms with van der Waals surface area (Å²) in [5.41, 5.74) is 1.13. The monoisotopic (exact) mass is 443 g/mol. The van der Waals surface area contributed by atoms with E-state index < -0.39 is 28.5 Å². The summed E-state index contributed by atoms with van der Waals surface area (Å²) in [7, 11) is -3.76. The number of hydrogen-bond donors (Lipinski definition) is 1. The highest BCUT2D eigenvalue weighted by atomic mass is 32.2. The molecule has 9 heteroatoms. The number of para-hydroxylation sites is 1. The van der Waals surface area contributed by atoms with Crippen LogP contribution in [0.15, 0.2) is 72.1 Å². The third-order valence-corrected chi connectivity index (χ3v) is 6.74. The van der Waals surface area contributed by atoms with Gasteiger partial charge in [-0.1, -0.05) is 30.3 Å². The number of piperazine rings is 1. The van der Waals surface area contributed by atoms with Gasteiger partial charge in [0.25, 0.3) is 5.91 Å². The van der Waals surface area contributed by atoms with Crippen LogP contribution in [0.4, 0.5) is 5.69 Å². The first kappa shape index (κ1) is 22.5. The van der Waals surface area contributed by atoms with E-state index >= 15 is 0 Å². The fraction of sp³-hybridized carbons (Fsp3) is 0.273. The molecule has 31 heavy (non-hydrogen) atoms. The number of sulfonamides is 1. The van der Waals surface area contributed by atoms with Gasteiger partial charge in [-0.2, -0.15) is 4.31 Å². The zero-order valence-corrected chi connectivity index (χ0v) is 17.9. The van der Waals surface area contributed by atoms with E-state index in [9.17, 15) is 18.0 Å². The number of benzene rings is 2. The number of carbonyl (C=O) groups is 2. The summed E-state index contributed by atoms with van der Waals surface area (Å²) in [6, 6.07) is 15.5. The number of nitrogens with one attached hydrogen (secondary N) is 1. The standard InChI is InChI=1S/C22H25N3O5S/c1-2-11-23-21(26)17-30-22(27)18-7-6-10-20(16-18)31(28,29)25-14-12-24(13-15-25)19-8-4-3-5-9-19/h2-10,16H,1,11-15,17H2,(H,23,26).